The van der Waals surface area contributed by atoms with Crippen molar-refractivity contribution in [1.82, 2.24) is 4.98 Å². The van der Waals surface area contributed by atoms with E-state index < -0.39 is 0 Å². The van der Waals surface area contributed by atoms with Gasteiger partial charge in [0.05, 0.1) is 12.7 Å². The minimum absolute atomic E-state index is 0.336. The van der Waals surface area contributed by atoms with Crippen molar-refractivity contribution < 1.29 is 4.74 Å². The van der Waals surface area contributed by atoms with Crippen molar-refractivity contribution in [3.63, 3.8) is 0 Å². The van der Waals surface area contributed by atoms with E-state index in [9.17, 15) is 0 Å². The molecule has 1 aliphatic rings. The molecule has 0 aliphatic carbocycles. The van der Waals surface area contributed by atoms with Crippen LogP contribution in [-0.4, -0.2) is 11.1 Å². The van der Waals surface area contributed by atoms with Crippen molar-refractivity contribution in [2.45, 2.75) is 52.7 Å². The number of rotatable bonds is 2. The molecule has 0 saturated carbocycles. The van der Waals surface area contributed by atoms with Crippen LogP contribution in [0, 0.1) is 5.92 Å². The fourth-order valence-electron chi connectivity index (χ4n) is 2.05. The summed E-state index contributed by atoms with van der Waals surface area (Å²) in [5.41, 5.74) is 3.71. The number of nitrogens with zero attached hydrogens (tertiary/aromatic N) is 1. The van der Waals surface area contributed by atoms with Crippen molar-refractivity contribution in [2.75, 3.05) is 0 Å². The predicted molar refractivity (Wildman–Crippen MR) is 65.4 cm³/mol. The third kappa shape index (κ3) is 2.27. The number of hydrogen-bond acceptors (Lipinski definition) is 2. The van der Waals surface area contributed by atoms with Crippen molar-refractivity contribution in [2.24, 2.45) is 5.92 Å². The van der Waals surface area contributed by atoms with Crippen molar-refractivity contribution in [3.8, 4) is 0 Å². The summed E-state index contributed by atoms with van der Waals surface area (Å²) in [6.07, 6.45) is 1.30. The maximum Gasteiger partial charge on any atom is 0.0738 e. The third-order valence-corrected chi connectivity index (χ3v) is 3.27. The van der Waals surface area contributed by atoms with Gasteiger partial charge in [0.2, 0.25) is 0 Å². The van der Waals surface area contributed by atoms with Crippen LogP contribution in [0.5, 0.6) is 0 Å². The average Bonchev–Trinajstić information content (AvgIpc) is 2.27. The van der Waals surface area contributed by atoms with Gasteiger partial charge in [0.25, 0.3) is 0 Å². The van der Waals surface area contributed by atoms with Gasteiger partial charge < -0.3 is 4.74 Å². The number of pyridine rings is 1. The predicted octanol–water partition coefficient (Wildman–Crippen LogP) is 3.30. The second-order valence-corrected chi connectivity index (χ2v) is 5.29. The average molecular weight is 219 g/mol. The molecule has 0 amide bonds. The van der Waals surface area contributed by atoms with E-state index in [0.717, 1.165) is 13.0 Å². The summed E-state index contributed by atoms with van der Waals surface area (Å²) in [6, 6.07) is 4.30. The minimum Gasteiger partial charge on any atom is -0.373 e. The molecular formula is C14H21NO. The smallest absolute Gasteiger partial charge is 0.0738 e. The normalized spacial score (nSPS) is 20.2. The summed E-state index contributed by atoms with van der Waals surface area (Å²) in [5, 5.41) is 0. The Balaban J connectivity index is 2.25. The Kier molecular flexibility index (Phi) is 3.29. The quantitative estimate of drug-likeness (QED) is 0.761. The van der Waals surface area contributed by atoms with Gasteiger partial charge in [0, 0.05) is 17.8 Å². The van der Waals surface area contributed by atoms with E-state index in [-0.39, 0.29) is 0 Å². The van der Waals surface area contributed by atoms with Gasteiger partial charge in [-0.15, -0.1) is 0 Å². The molecule has 0 N–H and O–H groups in total. The number of ether oxygens (including phenoxy) is 1. The molecular weight excluding hydrogens is 198 g/mol. The molecule has 1 atom stereocenters. The lowest BCUT2D eigenvalue weighted by Gasteiger charge is -2.27. The third-order valence-electron chi connectivity index (χ3n) is 3.27. The maximum atomic E-state index is 5.83. The van der Waals surface area contributed by atoms with E-state index in [4.69, 9.17) is 9.72 Å². The van der Waals surface area contributed by atoms with E-state index in [1.807, 2.05) is 0 Å². The monoisotopic (exact) mass is 219 g/mol. The Morgan fingerprint density at radius 3 is 2.62 bits per heavy atom. The first-order valence-corrected chi connectivity index (χ1v) is 6.18. The molecule has 16 heavy (non-hydrogen) atoms. The highest BCUT2D eigenvalue weighted by atomic mass is 16.5. The van der Waals surface area contributed by atoms with Crippen LogP contribution in [0.25, 0.3) is 0 Å². The summed E-state index contributed by atoms with van der Waals surface area (Å²) < 4.78 is 5.83. The van der Waals surface area contributed by atoms with Crippen LogP contribution < -0.4 is 0 Å². The van der Waals surface area contributed by atoms with Crippen LogP contribution in [0.1, 0.15) is 50.6 Å². The fourth-order valence-corrected chi connectivity index (χ4v) is 2.05. The van der Waals surface area contributed by atoms with Gasteiger partial charge in [-0.2, -0.15) is 0 Å². The molecule has 1 aromatic rings. The highest BCUT2D eigenvalue weighted by Gasteiger charge is 2.23. The van der Waals surface area contributed by atoms with E-state index in [2.05, 4.69) is 39.8 Å². The molecule has 0 radical (unpaired) electrons. The Morgan fingerprint density at radius 2 is 2.00 bits per heavy atom. The number of hydrogen-bond donors (Lipinski definition) is 0. The molecule has 0 aromatic carbocycles. The Labute approximate surface area is 98.0 Å². The molecule has 88 valence electrons. The molecule has 2 heteroatoms. The van der Waals surface area contributed by atoms with Gasteiger partial charge in [0.15, 0.2) is 0 Å². The SMILES string of the molecule is CC(C)c1ccc2c(n1)CC(C(C)C)OC2. The summed E-state index contributed by atoms with van der Waals surface area (Å²) in [4.78, 5) is 4.77. The van der Waals surface area contributed by atoms with Crippen LogP contribution in [0.4, 0.5) is 0 Å². The number of aromatic nitrogens is 1. The topological polar surface area (TPSA) is 22.1 Å². The van der Waals surface area contributed by atoms with E-state index >= 15 is 0 Å². The Hall–Kier alpha value is -0.890. The Bertz CT molecular complexity index is 371. The molecule has 1 aliphatic heterocycles. The molecule has 0 fully saturated rings. The van der Waals surface area contributed by atoms with Crippen molar-refractivity contribution in [3.05, 3.63) is 29.1 Å². The standard InChI is InChI=1S/C14H21NO/c1-9(2)12-6-5-11-8-16-14(10(3)4)7-13(11)15-12/h5-6,9-10,14H,7-8H2,1-4H3. The lowest BCUT2D eigenvalue weighted by molar-refractivity contribution is -0.00162. The van der Waals surface area contributed by atoms with Crippen LogP contribution >= 0.6 is 0 Å². The second-order valence-electron chi connectivity index (χ2n) is 5.29. The molecule has 0 spiro atoms. The van der Waals surface area contributed by atoms with Gasteiger partial charge >= 0.3 is 0 Å². The van der Waals surface area contributed by atoms with Crippen molar-refractivity contribution in [1.29, 1.82) is 0 Å². The van der Waals surface area contributed by atoms with Crippen LogP contribution in [0.15, 0.2) is 12.1 Å². The molecule has 1 aromatic heterocycles. The van der Waals surface area contributed by atoms with E-state index in [1.54, 1.807) is 0 Å². The lowest BCUT2D eigenvalue weighted by Crippen LogP contribution is -2.28. The van der Waals surface area contributed by atoms with E-state index in [1.165, 1.54) is 17.0 Å². The summed E-state index contributed by atoms with van der Waals surface area (Å²) in [7, 11) is 0. The highest BCUT2D eigenvalue weighted by Crippen LogP contribution is 2.24. The minimum atomic E-state index is 0.336. The van der Waals surface area contributed by atoms with Gasteiger partial charge in [-0.1, -0.05) is 33.8 Å². The van der Waals surface area contributed by atoms with Crippen molar-refractivity contribution >= 4 is 0 Å². The molecule has 2 rings (SSSR count). The maximum absolute atomic E-state index is 5.83. The zero-order valence-corrected chi connectivity index (χ0v) is 10.7. The molecule has 1 unspecified atom stereocenters. The molecule has 0 bridgehead atoms. The van der Waals surface area contributed by atoms with E-state index in [0.29, 0.717) is 17.9 Å². The molecule has 2 heterocycles. The summed E-state index contributed by atoms with van der Waals surface area (Å²) in [5.74, 6) is 1.07. The zero-order valence-electron chi connectivity index (χ0n) is 10.7. The van der Waals surface area contributed by atoms with Crippen LogP contribution in [-0.2, 0) is 17.8 Å². The molecule has 2 nitrogen and oxygen atoms in total. The highest BCUT2D eigenvalue weighted by molar-refractivity contribution is 5.26. The summed E-state index contributed by atoms with van der Waals surface area (Å²) >= 11 is 0. The Morgan fingerprint density at radius 1 is 1.25 bits per heavy atom. The van der Waals surface area contributed by atoms with Gasteiger partial charge in [0.1, 0.15) is 0 Å². The largest absolute Gasteiger partial charge is 0.373 e. The zero-order chi connectivity index (χ0) is 11.7. The van der Waals surface area contributed by atoms with Gasteiger partial charge in [-0.05, 0) is 23.5 Å². The van der Waals surface area contributed by atoms with Crippen LogP contribution in [0.3, 0.4) is 0 Å². The summed E-state index contributed by atoms with van der Waals surface area (Å²) in [6.45, 7) is 9.52. The fraction of sp³-hybridized carbons (Fsp3) is 0.643. The first-order chi connectivity index (χ1) is 7.58. The van der Waals surface area contributed by atoms with Gasteiger partial charge in [-0.3, -0.25) is 4.98 Å². The van der Waals surface area contributed by atoms with Crippen LogP contribution in [0.2, 0.25) is 0 Å². The first-order valence-electron chi connectivity index (χ1n) is 6.18. The lowest BCUT2D eigenvalue weighted by atomic mass is 9.96. The second kappa shape index (κ2) is 4.54. The first kappa shape index (κ1) is 11.6. The van der Waals surface area contributed by atoms with Gasteiger partial charge in [-0.25, -0.2) is 0 Å². The molecule has 0 saturated heterocycles. The number of fused-ring (bicyclic) bond motifs is 1.